The maximum absolute atomic E-state index is 4.12. The number of hydrogen-bond acceptors (Lipinski definition) is 2. The second kappa shape index (κ2) is 5.62. The van der Waals surface area contributed by atoms with Crippen molar-refractivity contribution in [3.05, 3.63) is 29.8 Å². The van der Waals surface area contributed by atoms with E-state index >= 15 is 0 Å². The van der Waals surface area contributed by atoms with Gasteiger partial charge in [-0.3, -0.25) is 0 Å². The van der Waals surface area contributed by atoms with E-state index in [2.05, 4.69) is 35.4 Å². The summed E-state index contributed by atoms with van der Waals surface area (Å²) >= 11 is 4.12. The van der Waals surface area contributed by atoms with Gasteiger partial charge in [0.05, 0.1) is 5.69 Å². The van der Waals surface area contributed by atoms with Crippen molar-refractivity contribution in [1.29, 1.82) is 0 Å². The number of benzene rings is 1. The standard InChI is InChI=1S/C12H15NS/c1-13(2)12-9-4-3-7-11(12)8-5-6-10-14/h3-4,7,9,14H,6,10H2,1-2H3. The van der Waals surface area contributed by atoms with Crippen LogP contribution in [0.2, 0.25) is 0 Å². The summed E-state index contributed by atoms with van der Waals surface area (Å²) < 4.78 is 0. The molecule has 14 heavy (non-hydrogen) atoms. The second-order valence-electron chi connectivity index (χ2n) is 3.19. The Labute approximate surface area is 91.5 Å². The molecule has 74 valence electrons. The Morgan fingerprint density at radius 3 is 2.64 bits per heavy atom. The van der Waals surface area contributed by atoms with Crippen LogP contribution in [0.1, 0.15) is 12.0 Å². The van der Waals surface area contributed by atoms with E-state index in [0.717, 1.165) is 17.7 Å². The fraction of sp³-hybridized carbons (Fsp3) is 0.333. The summed E-state index contributed by atoms with van der Waals surface area (Å²) in [6.45, 7) is 0. The van der Waals surface area contributed by atoms with Crippen molar-refractivity contribution in [2.75, 3.05) is 24.7 Å². The molecule has 0 aliphatic carbocycles. The third-order valence-electron chi connectivity index (χ3n) is 1.85. The molecule has 1 aromatic carbocycles. The zero-order chi connectivity index (χ0) is 10.4. The van der Waals surface area contributed by atoms with Crippen LogP contribution in [-0.2, 0) is 0 Å². The quantitative estimate of drug-likeness (QED) is 0.573. The molecular formula is C12H15NS. The number of thiol groups is 1. The number of nitrogens with zero attached hydrogens (tertiary/aromatic N) is 1. The maximum Gasteiger partial charge on any atom is 0.0520 e. The van der Waals surface area contributed by atoms with Crippen molar-refractivity contribution >= 4 is 18.3 Å². The second-order valence-corrected chi connectivity index (χ2v) is 3.63. The highest BCUT2D eigenvalue weighted by Gasteiger charge is 1.98. The summed E-state index contributed by atoms with van der Waals surface area (Å²) in [7, 11) is 4.05. The molecule has 0 radical (unpaired) electrons. The minimum atomic E-state index is 0.817. The van der Waals surface area contributed by atoms with Gasteiger partial charge in [-0.1, -0.05) is 24.0 Å². The average molecular weight is 205 g/mol. The van der Waals surface area contributed by atoms with Crippen LogP contribution in [0.25, 0.3) is 0 Å². The molecule has 0 amide bonds. The van der Waals surface area contributed by atoms with Gasteiger partial charge < -0.3 is 4.90 Å². The molecule has 1 rings (SSSR count). The maximum atomic E-state index is 4.12. The minimum absolute atomic E-state index is 0.817. The van der Waals surface area contributed by atoms with Crippen LogP contribution in [-0.4, -0.2) is 19.8 Å². The monoisotopic (exact) mass is 205 g/mol. The highest BCUT2D eigenvalue weighted by molar-refractivity contribution is 7.80. The van der Waals surface area contributed by atoms with E-state index in [1.54, 1.807) is 0 Å². The molecule has 0 aliphatic heterocycles. The summed E-state index contributed by atoms with van der Waals surface area (Å²) in [4.78, 5) is 2.07. The zero-order valence-electron chi connectivity index (χ0n) is 8.62. The van der Waals surface area contributed by atoms with Gasteiger partial charge >= 0.3 is 0 Å². The van der Waals surface area contributed by atoms with Crippen LogP contribution in [0.15, 0.2) is 24.3 Å². The van der Waals surface area contributed by atoms with Gasteiger partial charge in [0.2, 0.25) is 0 Å². The third kappa shape index (κ3) is 3.01. The van der Waals surface area contributed by atoms with Crippen LogP contribution < -0.4 is 4.90 Å². The topological polar surface area (TPSA) is 3.24 Å². The van der Waals surface area contributed by atoms with Crippen molar-refractivity contribution in [2.45, 2.75) is 6.42 Å². The summed E-state index contributed by atoms with van der Waals surface area (Å²) in [5.74, 6) is 7.07. The van der Waals surface area contributed by atoms with Gasteiger partial charge in [0.25, 0.3) is 0 Å². The summed E-state index contributed by atoms with van der Waals surface area (Å²) in [6, 6.07) is 8.16. The largest absolute Gasteiger partial charge is 0.377 e. The molecule has 0 spiro atoms. The first-order valence-corrected chi connectivity index (χ1v) is 5.25. The molecule has 0 unspecified atom stereocenters. The van der Waals surface area contributed by atoms with Gasteiger partial charge in [-0.15, -0.1) is 0 Å². The van der Waals surface area contributed by atoms with Gasteiger partial charge in [-0.05, 0) is 12.1 Å². The van der Waals surface area contributed by atoms with E-state index in [4.69, 9.17) is 0 Å². The smallest absolute Gasteiger partial charge is 0.0520 e. The van der Waals surface area contributed by atoms with Crippen molar-refractivity contribution in [1.82, 2.24) is 0 Å². The first kappa shape index (κ1) is 11.0. The number of para-hydroxylation sites is 1. The molecule has 0 aliphatic rings. The molecule has 0 heterocycles. The lowest BCUT2D eigenvalue weighted by Crippen LogP contribution is -2.09. The van der Waals surface area contributed by atoms with E-state index in [9.17, 15) is 0 Å². The lowest BCUT2D eigenvalue weighted by atomic mass is 10.1. The average Bonchev–Trinajstić information content (AvgIpc) is 2.19. The molecular weight excluding hydrogens is 190 g/mol. The lowest BCUT2D eigenvalue weighted by molar-refractivity contribution is 1.13. The van der Waals surface area contributed by atoms with Crippen molar-refractivity contribution in [3.63, 3.8) is 0 Å². The first-order valence-electron chi connectivity index (χ1n) is 4.62. The predicted octanol–water partition coefficient (Wildman–Crippen LogP) is 2.42. The molecule has 1 nitrogen and oxygen atoms in total. The molecule has 0 aromatic heterocycles. The Balaban J connectivity index is 2.92. The highest BCUT2D eigenvalue weighted by Crippen LogP contribution is 2.16. The Hall–Kier alpha value is -1.07. The molecule has 0 saturated heterocycles. The molecule has 0 N–H and O–H groups in total. The van der Waals surface area contributed by atoms with Gasteiger partial charge in [0.1, 0.15) is 0 Å². The lowest BCUT2D eigenvalue weighted by Gasteiger charge is -2.13. The summed E-state index contributed by atoms with van der Waals surface area (Å²) in [5, 5.41) is 0. The fourth-order valence-corrected chi connectivity index (χ4v) is 1.29. The van der Waals surface area contributed by atoms with Crippen LogP contribution in [0.3, 0.4) is 0 Å². The van der Waals surface area contributed by atoms with E-state index in [1.807, 2.05) is 32.3 Å². The van der Waals surface area contributed by atoms with Crippen LogP contribution in [0.4, 0.5) is 5.69 Å². The molecule has 1 aromatic rings. The zero-order valence-corrected chi connectivity index (χ0v) is 9.51. The van der Waals surface area contributed by atoms with E-state index in [0.29, 0.717) is 0 Å². The normalized spacial score (nSPS) is 9.07. The predicted molar refractivity (Wildman–Crippen MR) is 66.1 cm³/mol. The molecule has 0 atom stereocenters. The van der Waals surface area contributed by atoms with Crippen LogP contribution >= 0.6 is 12.6 Å². The third-order valence-corrected chi connectivity index (χ3v) is 2.07. The SMILES string of the molecule is CN(C)c1ccccc1C#CCCS. The van der Waals surface area contributed by atoms with Crippen molar-refractivity contribution in [2.24, 2.45) is 0 Å². The summed E-state index contributed by atoms with van der Waals surface area (Å²) in [5.41, 5.74) is 2.25. The first-order chi connectivity index (χ1) is 6.75. The van der Waals surface area contributed by atoms with E-state index in [1.165, 1.54) is 5.69 Å². The fourth-order valence-electron chi connectivity index (χ4n) is 1.18. The van der Waals surface area contributed by atoms with Gasteiger partial charge in [-0.25, -0.2) is 0 Å². The van der Waals surface area contributed by atoms with E-state index in [-0.39, 0.29) is 0 Å². The van der Waals surface area contributed by atoms with E-state index < -0.39 is 0 Å². The number of rotatable bonds is 2. The molecule has 0 saturated carbocycles. The number of anilines is 1. The van der Waals surface area contributed by atoms with Crippen LogP contribution in [0.5, 0.6) is 0 Å². The Morgan fingerprint density at radius 1 is 1.29 bits per heavy atom. The van der Waals surface area contributed by atoms with Crippen molar-refractivity contribution in [3.8, 4) is 11.8 Å². The van der Waals surface area contributed by atoms with Gasteiger partial charge in [-0.2, -0.15) is 12.6 Å². The summed E-state index contributed by atoms with van der Waals surface area (Å²) in [6.07, 6.45) is 0.838. The molecule has 0 fully saturated rings. The molecule has 0 bridgehead atoms. The van der Waals surface area contributed by atoms with Gasteiger partial charge in [0.15, 0.2) is 0 Å². The minimum Gasteiger partial charge on any atom is -0.377 e. The Bertz CT molecular complexity index is 347. The Kier molecular flexibility index (Phi) is 4.42. The molecule has 2 heteroatoms. The van der Waals surface area contributed by atoms with Crippen LogP contribution in [0, 0.1) is 11.8 Å². The van der Waals surface area contributed by atoms with Gasteiger partial charge in [0, 0.05) is 31.8 Å². The Morgan fingerprint density at radius 2 is 2.00 bits per heavy atom. The number of hydrogen-bond donors (Lipinski definition) is 1. The highest BCUT2D eigenvalue weighted by atomic mass is 32.1. The van der Waals surface area contributed by atoms with Crippen molar-refractivity contribution < 1.29 is 0 Å².